The molecule has 0 bridgehead atoms. The summed E-state index contributed by atoms with van der Waals surface area (Å²) in [4.78, 5) is 19.2. The summed E-state index contributed by atoms with van der Waals surface area (Å²) >= 11 is 0. The molecular weight excluding hydrogens is 512 g/mol. The van der Waals surface area contributed by atoms with Crippen LogP contribution in [-0.4, -0.2) is 53.5 Å². The maximum absolute atomic E-state index is 13.4. The SMILES string of the molecule is COc1ccc(CN2C([C@@H](Cc3c[nH]c4ccccc34)NC(=O)[C@H]3CCCN3)=NNC2CCc2ccccc2)cc1. The number of hydrogen-bond donors (Lipinski definition) is 4. The van der Waals surface area contributed by atoms with Crippen molar-refractivity contribution >= 4 is 22.6 Å². The molecule has 41 heavy (non-hydrogen) atoms. The number of ether oxygens (including phenoxy) is 1. The number of para-hydroxylation sites is 1. The van der Waals surface area contributed by atoms with Crippen molar-refractivity contribution in [1.82, 2.24) is 25.9 Å². The van der Waals surface area contributed by atoms with Crippen molar-refractivity contribution in [2.45, 2.75) is 56.9 Å². The molecule has 0 spiro atoms. The molecular formula is C33H38N6O2. The molecule has 0 aliphatic carbocycles. The average Bonchev–Trinajstić information content (AvgIpc) is 3.78. The van der Waals surface area contributed by atoms with Crippen molar-refractivity contribution in [2.24, 2.45) is 5.10 Å². The zero-order valence-electron chi connectivity index (χ0n) is 23.5. The molecule has 8 heteroatoms. The fraction of sp³-hybridized carbons (Fsp3) is 0.333. The summed E-state index contributed by atoms with van der Waals surface area (Å²) in [5.41, 5.74) is 8.12. The number of amides is 1. The normalized spacial score (nSPS) is 19.1. The number of nitrogens with one attached hydrogen (secondary N) is 4. The molecule has 4 aromatic rings. The van der Waals surface area contributed by atoms with Crippen molar-refractivity contribution in [3.63, 3.8) is 0 Å². The maximum atomic E-state index is 13.4. The first-order valence-electron chi connectivity index (χ1n) is 14.5. The second-order valence-electron chi connectivity index (χ2n) is 10.9. The number of rotatable bonds is 11. The van der Waals surface area contributed by atoms with Crippen molar-refractivity contribution in [2.75, 3.05) is 13.7 Å². The molecule has 212 valence electrons. The van der Waals surface area contributed by atoms with Gasteiger partial charge in [-0.2, -0.15) is 5.10 Å². The molecule has 0 saturated carbocycles. The van der Waals surface area contributed by atoms with Gasteiger partial charge < -0.3 is 25.3 Å². The third-order valence-electron chi connectivity index (χ3n) is 8.16. The van der Waals surface area contributed by atoms with Gasteiger partial charge in [0.25, 0.3) is 0 Å². The van der Waals surface area contributed by atoms with Gasteiger partial charge in [-0.3, -0.25) is 10.2 Å². The Balaban J connectivity index is 1.29. The number of fused-ring (bicyclic) bond motifs is 1. The number of aryl methyl sites for hydroxylation is 1. The highest BCUT2D eigenvalue weighted by Gasteiger charge is 2.35. The van der Waals surface area contributed by atoms with Crippen molar-refractivity contribution < 1.29 is 9.53 Å². The predicted molar refractivity (Wildman–Crippen MR) is 163 cm³/mol. The zero-order valence-corrected chi connectivity index (χ0v) is 23.5. The van der Waals surface area contributed by atoms with Crippen LogP contribution >= 0.6 is 0 Å². The summed E-state index contributed by atoms with van der Waals surface area (Å²) in [5.74, 6) is 1.72. The molecule has 2 aliphatic rings. The van der Waals surface area contributed by atoms with E-state index in [1.165, 1.54) is 10.9 Å². The molecule has 3 heterocycles. The maximum Gasteiger partial charge on any atom is 0.237 e. The Morgan fingerprint density at radius 2 is 1.85 bits per heavy atom. The minimum absolute atomic E-state index is 0.000663. The van der Waals surface area contributed by atoms with Gasteiger partial charge in [0, 0.05) is 30.1 Å². The first kappa shape index (κ1) is 26.9. The van der Waals surface area contributed by atoms with Crippen LogP contribution < -0.4 is 20.8 Å². The predicted octanol–water partition coefficient (Wildman–Crippen LogP) is 4.33. The number of hydrogen-bond acceptors (Lipinski definition) is 6. The molecule has 2 aliphatic heterocycles. The van der Waals surface area contributed by atoms with Gasteiger partial charge in [0.1, 0.15) is 17.8 Å². The van der Waals surface area contributed by atoms with Crippen LogP contribution in [0.2, 0.25) is 0 Å². The van der Waals surface area contributed by atoms with E-state index < -0.39 is 0 Å². The molecule has 0 radical (unpaired) electrons. The smallest absolute Gasteiger partial charge is 0.237 e. The van der Waals surface area contributed by atoms with E-state index >= 15 is 0 Å². The van der Waals surface area contributed by atoms with Gasteiger partial charge in [0.15, 0.2) is 0 Å². The Morgan fingerprint density at radius 1 is 1.05 bits per heavy atom. The number of hydrazone groups is 1. The Labute approximate surface area is 241 Å². The van der Waals surface area contributed by atoms with Crippen LogP contribution in [0.25, 0.3) is 10.9 Å². The zero-order chi connectivity index (χ0) is 28.0. The van der Waals surface area contributed by atoms with E-state index in [-0.39, 0.29) is 24.2 Å². The van der Waals surface area contributed by atoms with Gasteiger partial charge >= 0.3 is 0 Å². The Hall–Kier alpha value is -4.30. The Kier molecular flexibility index (Phi) is 8.18. The standard InChI is InChI=1S/C33H38N6O2/c1-41-26-16-13-24(14-17-26)22-39-31(18-15-23-8-3-2-4-9-23)37-38-32(39)30(36-33(40)29-12-7-19-34-29)20-25-21-35-28-11-6-5-10-27(25)28/h2-6,8-11,13-14,16-17,21,29-31,34-35,37H,7,12,15,18-20,22H2,1H3,(H,36,40)/t29-,30-,31?/m1/s1. The van der Waals surface area contributed by atoms with Crippen LogP contribution in [0.5, 0.6) is 5.75 Å². The van der Waals surface area contributed by atoms with Crippen molar-refractivity contribution in [3.8, 4) is 5.75 Å². The molecule has 3 aromatic carbocycles. The van der Waals surface area contributed by atoms with Crippen molar-refractivity contribution in [1.29, 1.82) is 0 Å². The molecule has 3 atom stereocenters. The van der Waals surface area contributed by atoms with E-state index in [1.807, 2.05) is 24.3 Å². The van der Waals surface area contributed by atoms with E-state index in [2.05, 4.69) is 86.7 Å². The van der Waals surface area contributed by atoms with Crippen LogP contribution in [0.1, 0.15) is 36.0 Å². The van der Waals surface area contributed by atoms with E-state index in [9.17, 15) is 4.79 Å². The summed E-state index contributed by atoms with van der Waals surface area (Å²) in [6, 6.07) is 26.6. The summed E-state index contributed by atoms with van der Waals surface area (Å²) < 4.78 is 5.39. The minimum atomic E-state index is -0.295. The fourth-order valence-corrected chi connectivity index (χ4v) is 5.91. The third-order valence-corrected chi connectivity index (χ3v) is 8.16. The third kappa shape index (κ3) is 6.23. The first-order chi connectivity index (χ1) is 20.2. The highest BCUT2D eigenvalue weighted by molar-refractivity contribution is 5.95. The lowest BCUT2D eigenvalue weighted by molar-refractivity contribution is -0.123. The summed E-state index contributed by atoms with van der Waals surface area (Å²) in [7, 11) is 1.68. The highest BCUT2D eigenvalue weighted by atomic mass is 16.5. The minimum Gasteiger partial charge on any atom is -0.497 e. The van der Waals surface area contributed by atoms with Crippen molar-refractivity contribution in [3.05, 3.63) is 102 Å². The monoisotopic (exact) mass is 550 g/mol. The molecule has 1 aromatic heterocycles. The summed E-state index contributed by atoms with van der Waals surface area (Å²) in [6.07, 6.45) is 6.36. The van der Waals surface area contributed by atoms with E-state index in [1.54, 1.807) is 7.11 Å². The van der Waals surface area contributed by atoms with E-state index in [4.69, 9.17) is 9.84 Å². The fourth-order valence-electron chi connectivity index (χ4n) is 5.91. The second kappa shape index (κ2) is 12.5. The largest absolute Gasteiger partial charge is 0.497 e. The molecule has 4 N–H and O–H groups in total. The molecule has 1 saturated heterocycles. The van der Waals surface area contributed by atoms with Crippen LogP contribution in [0.3, 0.4) is 0 Å². The molecule has 1 amide bonds. The molecule has 1 unspecified atom stereocenters. The van der Waals surface area contributed by atoms with Gasteiger partial charge in [-0.1, -0.05) is 60.7 Å². The van der Waals surface area contributed by atoms with E-state index in [0.29, 0.717) is 13.0 Å². The van der Waals surface area contributed by atoms with Gasteiger partial charge in [0.05, 0.1) is 19.2 Å². The number of nitrogens with zero attached hydrogens (tertiary/aromatic N) is 2. The number of carbonyl (C=O) groups is 1. The van der Waals surface area contributed by atoms with E-state index in [0.717, 1.165) is 60.5 Å². The lowest BCUT2D eigenvalue weighted by Crippen LogP contribution is -2.53. The Morgan fingerprint density at radius 3 is 2.63 bits per heavy atom. The van der Waals surface area contributed by atoms with Crippen LogP contribution in [0, 0.1) is 0 Å². The summed E-state index contributed by atoms with van der Waals surface area (Å²) in [5, 5.41) is 12.8. The van der Waals surface area contributed by atoms with Crippen LogP contribution in [0.15, 0.2) is 90.2 Å². The van der Waals surface area contributed by atoms with Gasteiger partial charge in [-0.05, 0) is 67.1 Å². The van der Waals surface area contributed by atoms with Crippen LogP contribution in [0.4, 0.5) is 0 Å². The Bertz CT molecular complexity index is 1480. The lowest BCUT2D eigenvalue weighted by Gasteiger charge is -2.31. The average molecular weight is 551 g/mol. The van der Waals surface area contributed by atoms with Gasteiger partial charge in [-0.25, -0.2) is 0 Å². The molecule has 6 rings (SSSR count). The number of H-pyrrole nitrogens is 1. The first-order valence-corrected chi connectivity index (χ1v) is 14.5. The van der Waals surface area contributed by atoms with Gasteiger partial charge in [-0.15, -0.1) is 0 Å². The topological polar surface area (TPSA) is 93.8 Å². The molecule has 8 nitrogen and oxygen atoms in total. The van der Waals surface area contributed by atoms with Crippen LogP contribution in [-0.2, 0) is 24.2 Å². The highest BCUT2D eigenvalue weighted by Crippen LogP contribution is 2.24. The second-order valence-corrected chi connectivity index (χ2v) is 10.9. The lowest BCUT2D eigenvalue weighted by atomic mass is 10.0. The number of benzene rings is 3. The number of carbonyl (C=O) groups excluding carboxylic acids is 1. The number of methoxy groups -OCH3 is 1. The number of amidine groups is 1. The van der Waals surface area contributed by atoms with Gasteiger partial charge in [0.2, 0.25) is 5.91 Å². The number of aromatic amines is 1. The number of aromatic nitrogens is 1. The quantitative estimate of drug-likeness (QED) is 0.223. The molecule has 1 fully saturated rings. The summed E-state index contributed by atoms with van der Waals surface area (Å²) in [6.45, 7) is 1.54.